The van der Waals surface area contributed by atoms with Crippen molar-refractivity contribution in [3.05, 3.63) is 52.9 Å². The molecule has 0 amide bonds. The summed E-state index contributed by atoms with van der Waals surface area (Å²) >= 11 is 7.25. The van der Waals surface area contributed by atoms with Crippen LogP contribution in [0.25, 0.3) is 0 Å². The molecule has 2 rings (SSSR count). The van der Waals surface area contributed by atoms with Gasteiger partial charge in [0.25, 0.3) is 0 Å². The standard InChI is InChI=1S/C13H11ClO2S/c1-9-13(6-7-16-9)17-8-12(15)10-2-4-11(14)5-3-10/h2-7H,8H2,1H3. The second-order valence-corrected chi connectivity index (χ2v) is 5.01. The van der Waals surface area contributed by atoms with Crippen LogP contribution in [-0.4, -0.2) is 11.5 Å². The Morgan fingerprint density at radius 1 is 1.29 bits per heavy atom. The number of carbonyl (C=O) groups excluding carboxylic acids is 1. The van der Waals surface area contributed by atoms with E-state index in [1.165, 1.54) is 11.8 Å². The highest BCUT2D eigenvalue weighted by atomic mass is 35.5. The fourth-order valence-corrected chi connectivity index (χ4v) is 2.37. The van der Waals surface area contributed by atoms with E-state index in [0.29, 0.717) is 16.3 Å². The normalized spacial score (nSPS) is 10.5. The van der Waals surface area contributed by atoms with Gasteiger partial charge in [0.05, 0.1) is 12.0 Å². The molecule has 0 fully saturated rings. The van der Waals surface area contributed by atoms with Gasteiger partial charge in [-0.3, -0.25) is 4.79 Å². The maximum atomic E-state index is 11.9. The van der Waals surface area contributed by atoms with E-state index in [0.717, 1.165) is 10.7 Å². The van der Waals surface area contributed by atoms with Crippen LogP contribution in [0.15, 0.2) is 45.9 Å². The number of ketones is 1. The Labute approximate surface area is 109 Å². The summed E-state index contributed by atoms with van der Waals surface area (Å²) in [5.74, 6) is 1.34. The maximum absolute atomic E-state index is 11.9. The molecule has 0 saturated carbocycles. The number of furan rings is 1. The van der Waals surface area contributed by atoms with Gasteiger partial charge >= 0.3 is 0 Å². The van der Waals surface area contributed by atoms with Crippen LogP contribution in [0.3, 0.4) is 0 Å². The van der Waals surface area contributed by atoms with Crippen LogP contribution in [0.4, 0.5) is 0 Å². The molecule has 2 nitrogen and oxygen atoms in total. The third-order valence-corrected chi connectivity index (χ3v) is 3.73. The first-order valence-electron chi connectivity index (χ1n) is 5.12. The minimum absolute atomic E-state index is 0.0901. The highest BCUT2D eigenvalue weighted by molar-refractivity contribution is 8.00. The van der Waals surface area contributed by atoms with Crippen molar-refractivity contribution in [1.82, 2.24) is 0 Å². The Kier molecular flexibility index (Phi) is 3.92. The number of halogens is 1. The summed E-state index contributed by atoms with van der Waals surface area (Å²) < 4.78 is 5.17. The minimum atomic E-state index is 0.0901. The molecule has 4 heteroatoms. The van der Waals surface area contributed by atoms with Gasteiger partial charge in [0, 0.05) is 15.5 Å². The molecule has 0 atom stereocenters. The van der Waals surface area contributed by atoms with Crippen molar-refractivity contribution < 1.29 is 9.21 Å². The van der Waals surface area contributed by atoms with E-state index in [1.54, 1.807) is 30.5 Å². The Hall–Kier alpha value is -1.19. The van der Waals surface area contributed by atoms with Crippen molar-refractivity contribution in [3.63, 3.8) is 0 Å². The molecule has 17 heavy (non-hydrogen) atoms. The molecule has 0 unspecified atom stereocenters. The van der Waals surface area contributed by atoms with E-state index >= 15 is 0 Å². The molecule has 2 aromatic rings. The largest absolute Gasteiger partial charge is 0.468 e. The predicted octanol–water partition coefficient (Wildman–Crippen LogP) is 4.22. The number of rotatable bonds is 4. The molecule has 0 bridgehead atoms. The zero-order valence-corrected chi connectivity index (χ0v) is 10.8. The van der Waals surface area contributed by atoms with Gasteiger partial charge in [-0.25, -0.2) is 0 Å². The van der Waals surface area contributed by atoms with Gasteiger partial charge in [0.15, 0.2) is 5.78 Å². The van der Waals surface area contributed by atoms with Crippen LogP contribution in [0.2, 0.25) is 5.02 Å². The lowest BCUT2D eigenvalue weighted by Gasteiger charge is -2.00. The zero-order valence-electron chi connectivity index (χ0n) is 9.27. The Bertz CT molecular complexity index is 516. The van der Waals surface area contributed by atoms with E-state index in [-0.39, 0.29) is 5.78 Å². The average molecular weight is 267 g/mol. The summed E-state index contributed by atoms with van der Waals surface area (Å²) in [5.41, 5.74) is 0.683. The second kappa shape index (κ2) is 5.43. The molecule has 0 radical (unpaired) electrons. The molecule has 0 aliphatic rings. The fourth-order valence-electron chi connectivity index (χ4n) is 1.39. The van der Waals surface area contributed by atoms with Gasteiger partial charge in [-0.1, -0.05) is 11.6 Å². The van der Waals surface area contributed by atoms with Crippen LogP contribution >= 0.6 is 23.4 Å². The molecule has 0 spiro atoms. The van der Waals surface area contributed by atoms with Crippen molar-refractivity contribution in [1.29, 1.82) is 0 Å². The quantitative estimate of drug-likeness (QED) is 0.613. The first kappa shape index (κ1) is 12.3. The van der Waals surface area contributed by atoms with Crippen LogP contribution in [-0.2, 0) is 0 Å². The Morgan fingerprint density at radius 3 is 2.59 bits per heavy atom. The molecule has 0 N–H and O–H groups in total. The van der Waals surface area contributed by atoms with Crippen LogP contribution in [0.5, 0.6) is 0 Å². The minimum Gasteiger partial charge on any atom is -0.468 e. The fraction of sp³-hybridized carbons (Fsp3) is 0.154. The highest BCUT2D eigenvalue weighted by Crippen LogP contribution is 2.24. The SMILES string of the molecule is Cc1occc1SCC(=O)c1ccc(Cl)cc1. The van der Waals surface area contributed by atoms with E-state index in [9.17, 15) is 4.79 Å². The molecular formula is C13H11ClO2S. The van der Waals surface area contributed by atoms with Crippen molar-refractivity contribution >= 4 is 29.1 Å². The van der Waals surface area contributed by atoms with Crippen molar-refractivity contribution in [3.8, 4) is 0 Å². The third-order valence-electron chi connectivity index (χ3n) is 2.34. The Balaban J connectivity index is 1.98. The molecule has 0 aliphatic carbocycles. The first-order valence-corrected chi connectivity index (χ1v) is 6.49. The van der Waals surface area contributed by atoms with Gasteiger partial charge < -0.3 is 4.42 Å². The molecule has 0 aliphatic heterocycles. The summed E-state index contributed by atoms with van der Waals surface area (Å²) in [6, 6.07) is 8.81. The topological polar surface area (TPSA) is 30.2 Å². The molecule has 1 heterocycles. The number of benzene rings is 1. The second-order valence-electron chi connectivity index (χ2n) is 3.56. The first-order chi connectivity index (χ1) is 8.16. The van der Waals surface area contributed by atoms with E-state index in [1.807, 2.05) is 13.0 Å². The van der Waals surface area contributed by atoms with E-state index < -0.39 is 0 Å². The summed E-state index contributed by atoms with van der Waals surface area (Å²) in [7, 11) is 0. The lowest BCUT2D eigenvalue weighted by molar-refractivity contribution is 0.102. The highest BCUT2D eigenvalue weighted by Gasteiger charge is 2.08. The number of thioether (sulfide) groups is 1. The average Bonchev–Trinajstić information content (AvgIpc) is 2.73. The molecule has 0 saturated heterocycles. The monoisotopic (exact) mass is 266 g/mol. The molecular weight excluding hydrogens is 256 g/mol. The third kappa shape index (κ3) is 3.14. The summed E-state index contributed by atoms with van der Waals surface area (Å²) in [4.78, 5) is 12.9. The number of aryl methyl sites for hydroxylation is 1. The molecule has 1 aromatic carbocycles. The van der Waals surface area contributed by atoms with Crippen LogP contribution < -0.4 is 0 Å². The van der Waals surface area contributed by atoms with E-state index in [4.69, 9.17) is 16.0 Å². The predicted molar refractivity (Wildman–Crippen MR) is 70.0 cm³/mol. The van der Waals surface area contributed by atoms with Gasteiger partial charge in [0.1, 0.15) is 5.76 Å². The molecule has 88 valence electrons. The van der Waals surface area contributed by atoms with Gasteiger partial charge in [0.2, 0.25) is 0 Å². The van der Waals surface area contributed by atoms with Gasteiger partial charge in [-0.15, -0.1) is 11.8 Å². The lowest BCUT2D eigenvalue weighted by atomic mass is 10.1. The maximum Gasteiger partial charge on any atom is 0.173 e. The summed E-state index contributed by atoms with van der Waals surface area (Å²) in [6.07, 6.45) is 1.63. The zero-order chi connectivity index (χ0) is 12.3. The van der Waals surface area contributed by atoms with Crippen molar-refractivity contribution in [2.45, 2.75) is 11.8 Å². The number of carbonyl (C=O) groups is 1. The summed E-state index contributed by atoms with van der Waals surface area (Å²) in [6.45, 7) is 1.88. The van der Waals surface area contributed by atoms with Crippen LogP contribution in [0.1, 0.15) is 16.1 Å². The lowest BCUT2D eigenvalue weighted by Crippen LogP contribution is -2.01. The number of Topliss-reactive ketones (excluding diaryl/α,β-unsaturated/α-hetero) is 1. The van der Waals surface area contributed by atoms with Crippen molar-refractivity contribution in [2.75, 3.05) is 5.75 Å². The summed E-state index contributed by atoms with van der Waals surface area (Å²) in [5, 5.41) is 0.639. The molecule has 1 aromatic heterocycles. The van der Waals surface area contributed by atoms with Crippen LogP contribution in [0, 0.1) is 6.92 Å². The number of hydrogen-bond donors (Lipinski definition) is 0. The smallest absolute Gasteiger partial charge is 0.173 e. The number of hydrogen-bond acceptors (Lipinski definition) is 3. The van der Waals surface area contributed by atoms with E-state index in [2.05, 4.69) is 0 Å². The van der Waals surface area contributed by atoms with Gasteiger partial charge in [-0.2, -0.15) is 0 Å². The van der Waals surface area contributed by atoms with Crippen molar-refractivity contribution in [2.24, 2.45) is 0 Å². The Morgan fingerprint density at radius 2 is 2.00 bits per heavy atom. The van der Waals surface area contributed by atoms with Gasteiger partial charge in [-0.05, 0) is 37.3 Å².